The van der Waals surface area contributed by atoms with Gasteiger partial charge in [0.05, 0.1) is 39.9 Å². The highest BCUT2D eigenvalue weighted by Crippen LogP contribution is 2.43. The van der Waals surface area contributed by atoms with Crippen molar-refractivity contribution in [3.63, 3.8) is 0 Å². The van der Waals surface area contributed by atoms with Crippen LogP contribution >= 0.6 is 7.82 Å². The fourth-order valence-corrected chi connectivity index (χ4v) is 4.48. The van der Waals surface area contributed by atoms with Crippen molar-refractivity contribution in [2.75, 3.05) is 40.9 Å². The van der Waals surface area contributed by atoms with Crippen molar-refractivity contribution >= 4 is 13.7 Å². The Bertz CT molecular complexity index is 571. The first-order valence-electron chi connectivity index (χ1n) is 13.9. The third kappa shape index (κ3) is 22.4. The van der Waals surface area contributed by atoms with E-state index in [9.17, 15) is 19.4 Å². The molecule has 0 rings (SSSR count). The van der Waals surface area contributed by atoms with Crippen LogP contribution in [0.4, 0.5) is 0 Å². The summed E-state index contributed by atoms with van der Waals surface area (Å²) < 4.78 is 23.1. The van der Waals surface area contributed by atoms with Gasteiger partial charge >= 0.3 is 7.82 Å². The molecule has 210 valence electrons. The molecule has 9 heteroatoms. The van der Waals surface area contributed by atoms with E-state index in [1.807, 2.05) is 21.1 Å². The largest absolute Gasteiger partial charge is 0.472 e. The summed E-state index contributed by atoms with van der Waals surface area (Å²) in [6, 6.07) is -0.745. The maximum atomic E-state index is 12.3. The predicted molar refractivity (Wildman–Crippen MR) is 143 cm³/mol. The maximum absolute atomic E-state index is 12.3. The highest BCUT2D eigenvalue weighted by molar-refractivity contribution is 7.47. The van der Waals surface area contributed by atoms with Crippen molar-refractivity contribution in [1.82, 2.24) is 5.32 Å². The molecular formula is C26H56N2O6P+. The van der Waals surface area contributed by atoms with Crippen LogP contribution in [0.1, 0.15) is 110 Å². The Morgan fingerprint density at radius 2 is 1.37 bits per heavy atom. The molecule has 0 aromatic heterocycles. The SMILES string of the molecule is CCCCCCCCCCCCC(O)C(COP(=O)(O)OCC[N+](C)(C)C)NC(=O)CCCCC. The smallest absolute Gasteiger partial charge is 0.391 e. The normalized spacial score (nSPS) is 15.5. The zero-order chi connectivity index (χ0) is 26.6. The van der Waals surface area contributed by atoms with E-state index in [1.54, 1.807) is 0 Å². The fraction of sp³-hybridized carbons (Fsp3) is 0.962. The van der Waals surface area contributed by atoms with Gasteiger partial charge in [-0.05, 0) is 12.8 Å². The second-order valence-corrected chi connectivity index (χ2v) is 12.2. The number of aliphatic hydroxyl groups is 1. The van der Waals surface area contributed by atoms with Gasteiger partial charge in [0.1, 0.15) is 13.2 Å². The number of nitrogens with zero attached hydrogens (tertiary/aromatic N) is 1. The minimum atomic E-state index is -4.27. The Balaban J connectivity index is 4.51. The van der Waals surface area contributed by atoms with Crippen LogP contribution < -0.4 is 5.32 Å². The lowest BCUT2D eigenvalue weighted by atomic mass is 10.0. The first kappa shape index (κ1) is 34.5. The highest BCUT2D eigenvalue weighted by atomic mass is 31.2. The van der Waals surface area contributed by atoms with Crippen molar-refractivity contribution in [1.29, 1.82) is 0 Å². The van der Waals surface area contributed by atoms with Gasteiger partial charge in [0.2, 0.25) is 5.91 Å². The molecule has 0 spiro atoms. The molecule has 3 N–H and O–H groups in total. The Morgan fingerprint density at radius 1 is 0.857 bits per heavy atom. The molecule has 3 atom stereocenters. The van der Waals surface area contributed by atoms with Crippen molar-refractivity contribution < 1.29 is 32.9 Å². The fourth-order valence-electron chi connectivity index (χ4n) is 3.75. The van der Waals surface area contributed by atoms with Gasteiger partial charge in [-0.1, -0.05) is 90.9 Å². The van der Waals surface area contributed by atoms with E-state index in [2.05, 4.69) is 19.2 Å². The molecule has 1 amide bonds. The lowest BCUT2D eigenvalue weighted by Crippen LogP contribution is -2.46. The van der Waals surface area contributed by atoms with Crippen LogP contribution in [0.2, 0.25) is 0 Å². The number of unbranched alkanes of at least 4 members (excludes halogenated alkanes) is 11. The summed E-state index contributed by atoms with van der Waals surface area (Å²) in [7, 11) is 1.61. The molecule has 0 bridgehead atoms. The number of quaternary nitrogens is 1. The van der Waals surface area contributed by atoms with Crippen LogP contribution in [0.15, 0.2) is 0 Å². The van der Waals surface area contributed by atoms with Crippen molar-refractivity contribution in [3.05, 3.63) is 0 Å². The Kier molecular flexibility index (Phi) is 20.3. The minimum Gasteiger partial charge on any atom is -0.391 e. The summed E-state index contributed by atoms with van der Waals surface area (Å²) in [5, 5.41) is 13.5. The molecule has 0 aromatic carbocycles. The summed E-state index contributed by atoms with van der Waals surface area (Å²) in [6.07, 6.45) is 14.8. The quantitative estimate of drug-likeness (QED) is 0.0869. The summed E-state index contributed by atoms with van der Waals surface area (Å²) in [5.41, 5.74) is 0. The lowest BCUT2D eigenvalue weighted by molar-refractivity contribution is -0.870. The number of phosphoric ester groups is 1. The number of aliphatic hydroxyl groups excluding tert-OH is 1. The molecule has 0 aliphatic heterocycles. The number of hydrogen-bond acceptors (Lipinski definition) is 5. The maximum Gasteiger partial charge on any atom is 0.472 e. The van der Waals surface area contributed by atoms with E-state index < -0.39 is 20.0 Å². The summed E-state index contributed by atoms with van der Waals surface area (Å²) in [4.78, 5) is 22.4. The third-order valence-electron chi connectivity index (χ3n) is 6.11. The van der Waals surface area contributed by atoms with Gasteiger partial charge in [-0.3, -0.25) is 13.8 Å². The standard InChI is InChI=1S/C26H55N2O6P/c1-6-8-10-11-12-13-14-15-16-18-19-25(29)24(27-26(30)20-17-9-7-2)23-34-35(31,32)33-22-21-28(3,4)5/h24-25,29H,6-23H2,1-5H3,(H-,27,30,31,32)/p+1. The average molecular weight is 524 g/mol. The monoisotopic (exact) mass is 523 g/mol. The van der Waals surface area contributed by atoms with Gasteiger partial charge in [-0.2, -0.15) is 0 Å². The number of amides is 1. The molecular weight excluding hydrogens is 467 g/mol. The molecule has 0 radical (unpaired) electrons. The van der Waals surface area contributed by atoms with Crippen LogP contribution in [0.5, 0.6) is 0 Å². The lowest BCUT2D eigenvalue weighted by Gasteiger charge is -2.26. The molecule has 0 fully saturated rings. The van der Waals surface area contributed by atoms with Crippen molar-refractivity contribution in [3.8, 4) is 0 Å². The number of hydrogen-bond donors (Lipinski definition) is 3. The number of phosphoric acid groups is 1. The second kappa shape index (κ2) is 20.5. The van der Waals surface area contributed by atoms with Crippen molar-refractivity contribution in [2.45, 2.75) is 122 Å². The summed E-state index contributed by atoms with van der Waals surface area (Å²) in [5.74, 6) is -0.173. The average Bonchev–Trinajstić information content (AvgIpc) is 2.76. The molecule has 0 saturated heterocycles. The number of carbonyl (C=O) groups is 1. The van der Waals surface area contributed by atoms with E-state index in [-0.39, 0.29) is 19.1 Å². The molecule has 0 aromatic rings. The van der Waals surface area contributed by atoms with Gasteiger partial charge in [-0.25, -0.2) is 4.57 Å². The molecule has 0 saturated carbocycles. The molecule has 0 heterocycles. The molecule has 3 unspecified atom stereocenters. The minimum absolute atomic E-state index is 0.0759. The number of carbonyl (C=O) groups excluding carboxylic acids is 1. The first-order chi connectivity index (χ1) is 16.5. The van der Waals surface area contributed by atoms with Crippen LogP contribution in [0, 0.1) is 0 Å². The van der Waals surface area contributed by atoms with E-state index in [1.165, 1.54) is 44.9 Å². The van der Waals surface area contributed by atoms with E-state index in [0.29, 0.717) is 23.9 Å². The first-order valence-corrected chi connectivity index (χ1v) is 15.4. The zero-order valence-electron chi connectivity index (χ0n) is 23.3. The van der Waals surface area contributed by atoms with E-state index >= 15 is 0 Å². The van der Waals surface area contributed by atoms with Gasteiger partial charge in [0.15, 0.2) is 0 Å². The Hall–Kier alpha value is -0.500. The van der Waals surface area contributed by atoms with Gasteiger partial charge in [0.25, 0.3) is 0 Å². The van der Waals surface area contributed by atoms with Crippen molar-refractivity contribution in [2.24, 2.45) is 0 Å². The summed E-state index contributed by atoms with van der Waals surface area (Å²) >= 11 is 0. The molecule has 8 nitrogen and oxygen atoms in total. The van der Waals surface area contributed by atoms with Crippen LogP contribution in [-0.4, -0.2) is 73.4 Å². The second-order valence-electron chi connectivity index (χ2n) is 10.8. The Labute approximate surface area is 215 Å². The number of rotatable bonds is 24. The predicted octanol–water partition coefficient (Wildman–Crippen LogP) is 5.56. The van der Waals surface area contributed by atoms with E-state index in [0.717, 1.165) is 38.5 Å². The molecule has 0 aliphatic rings. The highest BCUT2D eigenvalue weighted by Gasteiger charge is 2.28. The van der Waals surface area contributed by atoms with Gasteiger partial charge in [0, 0.05) is 6.42 Å². The van der Waals surface area contributed by atoms with E-state index in [4.69, 9.17) is 9.05 Å². The zero-order valence-corrected chi connectivity index (χ0v) is 24.2. The van der Waals surface area contributed by atoms with Crippen LogP contribution in [-0.2, 0) is 18.4 Å². The van der Waals surface area contributed by atoms with Gasteiger partial charge < -0.3 is 19.8 Å². The summed E-state index contributed by atoms with van der Waals surface area (Å²) in [6.45, 7) is 4.66. The number of nitrogens with one attached hydrogen (secondary N) is 1. The Morgan fingerprint density at radius 3 is 1.91 bits per heavy atom. The molecule has 35 heavy (non-hydrogen) atoms. The topological polar surface area (TPSA) is 105 Å². The molecule has 0 aliphatic carbocycles. The van der Waals surface area contributed by atoms with Gasteiger partial charge in [-0.15, -0.1) is 0 Å². The number of likely N-dealkylation sites (N-methyl/N-ethyl adjacent to an activating group) is 1. The van der Waals surface area contributed by atoms with Crippen LogP contribution in [0.3, 0.4) is 0 Å². The third-order valence-corrected chi connectivity index (χ3v) is 7.09. The van der Waals surface area contributed by atoms with Crippen LogP contribution in [0.25, 0.3) is 0 Å².